The number of esters is 1. The number of imide groups is 2. The molecule has 4 aliphatic heterocycles. The lowest BCUT2D eigenvalue weighted by molar-refractivity contribution is -0.758. The summed E-state index contributed by atoms with van der Waals surface area (Å²) >= 11 is 0.919. The number of rotatable bonds is 9. The van der Waals surface area contributed by atoms with E-state index in [1.807, 2.05) is 0 Å². The van der Waals surface area contributed by atoms with Gasteiger partial charge in [0.25, 0.3) is 34.6 Å². The zero-order valence-electron chi connectivity index (χ0n) is 23.2. The van der Waals surface area contributed by atoms with Gasteiger partial charge in [0.15, 0.2) is 18.2 Å². The van der Waals surface area contributed by atoms with Gasteiger partial charge in [-0.05, 0) is 31.2 Å². The molecule has 17 heteroatoms. The van der Waals surface area contributed by atoms with Crippen molar-refractivity contribution in [2.75, 3.05) is 27.6 Å². The molecule has 4 aliphatic rings. The predicted molar refractivity (Wildman–Crippen MR) is 145 cm³/mol. The van der Waals surface area contributed by atoms with Gasteiger partial charge in [0.05, 0.1) is 41.2 Å². The first-order valence-electron chi connectivity index (χ1n) is 13.0. The third kappa shape index (κ3) is 4.06. The fraction of sp³-hybridized carbons (Fsp3) is 0.333. The number of amides is 5. The molecule has 0 aliphatic carbocycles. The molecule has 5 amide bonds. The Labute approximate surface area is 251 Å². The molecule has 2 aromatic rings. The summed E-state index contributed by atoms with van der Waals surface area (Å²) in [7, 11) is 2.71. The quantitative estimate of drug-likeness (QED) is 0.124. The Morgan fingerprint density at radius 3 is 1.98 bits per heavy atom. The van der Waals surface area contributed by atoms with Gasteiger partial charge in [-0.2, -0.15) is 0 Å². The minimum absolute atomic E-state index is 0.0155. The molecule has 2 saturated heterocycles. The fourth-order valence-electron chi connectivity index (χ4n) is 5.80. The van der Waals surface area contributed by atoms with Crippen LogP contribution in [-0.2, 0) is 19.2 Å². The van der Waals surface area contributed by atoms with Crippen LogP contribution < -0.4 is 9.47 Å². The van der Waals surface area contributed by atoms with Crippen LogP contribution in [0, 0.1) is 10.1 Å². The average Bonchev–Trinajstić information content (AvgIpc) is 3.52. The predicted octanol–water partition coefficient (Wildman–Crippen LogP) is 0.716. The number of carbonyl (C=O) groups is 6. The highest BCUT2D eigenvalue weighted by atomic mass is 32.2. The van der Waals surface area contributed by atoms with Crippen LogP contribution >= 0.6 is 11.8 Å². The van der Waals surface area contributed by atoms with Gasteiger partial charge in [-0.15, -0.1) is 21.9 Å². The van der Waals surface area contributed by atoms with Crippen molar-refractivity contribution in [2.45, 2.75) is 29.1 Å². The first kappa shape index (κ1) is 28.9. The standard InChI is InChI=1S/C27H22N4O12S/c1-27(10-43-31(38)39)19(26(37)42-11-28-20(32)12-6-4-5-7-13(12)21(28)33)30-24(36)18(25(30)44-27)29-22(34)14-8-16(40-2)17(41-3)9-15(14)23(29)35/h4-9,18-19,25H,10-11H2,1-3H3/t18?,19?,25-,27-/m0/s1. The van der Waals surface area contributed by atoms with Crippen LogP contribution in [0.2, 0.25) is 0 Å². The maximum atomic E-state index is 13.6. The van der Waals surface area contributed by atoms with Crippen LogP contribution in [-0.4, -0.2) is 105 Å². The number of methoxy groups -OCH3 is 2. The van der Waals surface area contributed by atoms with E-state index in [9.17, 15) is 38.9 Å². The first-order chi connectivity index (χ1) is 20.9. The van der Waals surface area contributed by atoms with Gasteiger partial charge in [0.1, 0.15) is 24.1 Å². The highest BCUT2D eigenvalue weighted by molar-refractivity contribution is 8.01. The molecule has 0 bridgehead atoms. The molecule has 0 spiro atoms. The second kappa shape index (κ2) is 10.2. The van der Waals surface area contributed by atoms with Crippen molar-refractivity contribution in [3.05, 3.63) is 68.8 Å². The summed E-state index contributed by atoms with van der Waals surface area (Å²) in [6.45, 7) is -0.0203. The van der Waals surface area contributed by atoms with Gasteiger partial charge < -0.3 is 23.9 Å². The molecular formula is C27H22N4O12S. The van der Waals surface area contributed by atoms with Crippen molar-refractivity contribution in [2.24, 2.45) is 0 Å². The molecular weight excluding hydrogens is 604 g/mol. The number of carbonyl (C=O) groups excluding carboxylic acids is 6. The van der Waals surface area contributed by atoms with Crippen LogP contribution in [0.3, 0.4) is 0 Å². The van der Waals surface area contributed by atoms with Gasteiger partial charge in [0.2, 0.25) is 0 Å². The summed E-state index contributed by atoms with van der Waals surface area (Å²) in [6.07, 6.45) is 0. The SMILES string of the molecule is COc1cc2c(cc1OC)C(=O)N(C1C(=O)N3C(C(=O)OCN4C(=O)c5ccccc5C4=O)[C@](C)(CO[N+](=O)[O-])S[C@@H]13)C2=O. The zero-order chi connectivity index (χ0) is 31.7. The van der Waals surface area contributed by atoms with Crippen molar-refractivity contribution in [1.29, 1.82) is 0 Å². The van der Waals surface area contributed by atoms with E-state index in [1.165, 1.54) is 45.4 Å². The van der Waals surface area contributed by atoms with E-state index in [2.05, 4.69) is 4.84 Å². The van der Waals surface area contributed by atoms with E-state index in [1.54, 1.807) is 12.1 Å². The Hall–Kier alpha value is -5.19. The van der Waals surface area contributed by atoms with Crippen LogP contribution in [0.15, 0.2) is 36.4 Å². The molecule has 228 valence electrons. The van der Waals surface area contributed by atoms with E-state index >= 15 is 0 Å². The second-order valence-corrected chi connectivity index (χ2v) is 12.0. The van der Waals surface area contributed by atoms with Crippen LogP contribution in [0.1, 0.15) is 48.4 Å². The number of ether oxygens (including phenoxy) is 3. The van der Waals surface area contributed by atoms with E-state index in [0.29, 0.717) is 0 Å². The molecule has 4 heterocycles. The summed E-state index contributed by atoms with van der Waals surface area (Å²) < 4.78 is 14.3. The highest BCUT2D eigenvalue weighted by Gasteiger charge is 2.69. The summed E-state index contributed by atoms with van der Waals surface area (Å²) in [5.74, 6) is -4.40. The topological polar surface area (TPSA) is 192 Å². The molecule has 0 N–H and O–H groups in total. The molecule has 6 rings (SSSR count). The van der Waals surface area contributed by atoms with Crippen LogP contribution in [0.25, 0.3) is 0 Å². The highest BCUT2D eigenvalue weighted by Crippen LogP contribution is 2.54. The second-order valence-electron chi connectivity index (χ2n) is 10.3. The van der Waals surface area contributed by atoms with E-state index in [-0.39, 0.29) is 33.8 Å². The van der Waals surface area contributed by atoms with E-state index < -0.39 is 76.1 Å². The summed E-state index contributed by atoms with van der Waals surface area (Å²) in [4.78, 5) is 97.5. The molecule has 0 radical (unpaired) electrons. The Kier molecular flexibility index (Phi) is 6.71. The van der Waals surface area contributed by atoms with Crippen molar-refractivity contribution in [3.8, 4) is 11.5 Å². The van der Waals surface area contributed by atoms with Crippen molar-refractivity contribution < 1.29 is 52.9 Å². The zero-order valence-corrected chi connectivity index (χ0v) is 24.0. The van der Waals surface area contributed by atoms with Gasteiger partial charge in [-0.3, -0.25) is 28.9 Å². The minimum atomic E-state index is -1.49. The van der Waals surface area contributed by atoms with Gasteiger partial charge in [-0.25, -0.2) is 9.69 Å². The minimum Gasteiger partial charge on any atom is -0.493 e. The maximum absolute atomic E-state index is 13.6. The fourth-order valence-corrected chi connectivity index (χ4v) is 7.51. The normalized spacial score (nSPS) is 25.0. The van der Waals surface area contributed by atoms with Crippen molar-refractivity contribution in [1.82, 2.24) is 14.7 Å². The molecule has 0 saturated carbocycles. The Bertz CT molecular complexity index is 1620. The van der Waals surface area contributed by atoms with E-state index in [0.717, 1.165) is 26.5 Å². The number of benzene rings is 2. The van der Waals surface area contributed by atoms with Gasteiger partial charge in [-0.1, -0.05) is 12.1 Å². The smallest absolute Gasteiger partial charge is 0.332 e. The molecule has 2 unspecified atom stereocenters. The largest absolute Gasteiger partial charge is 0.493 e. The molecule has 2 aromatic carbocycles. The molecule has 0 aromatic heterocycles. The lowest BCUT2D eigenvalue weighted by Crippen LogP contribution is -2.71. The van der Waals surface area contributed by atoms with Crippen molar-refractivity contribution >= 4 is 47.3 Å². The maximum Gasteiger partial charge on any atom is 0.332 e. The number of nitrogens with zero attached hydrogens (tertiary/aromatic N) is 4. The molecule has 2 fully saturated rings. The number of hydrogen-bond donors (Lipinski definition) is 0. The summed E-state index contributed by atoms with van der Waals surface area (Å²) in [5, 5.41) is 9.01. The first-order valence-corrected chi connectivity index (χ1v) is 13.8. The number of hydrogen-bond acceptors (Lipinski definition) is 13. The monoisotopic (exact) mass is 626 g/mol. The Morgan fingerprint density at radius 2 is 1.48 bits per heavy atom. The lowest BCUT2D eigenvalue weighted by Gasteiger charge is -2.46. The molecule has 16 nitrogen and oxygen atoms in total. The number of fused-ring (bicyclic) bond motifs is 3. The number of β-lactam (4-membered cyclic amide) rings is 1. The molecule has 4 atom stereocenters. The van der Waals surface area contributed by atoms with Crippen molar-refractivity contribution in [3.63, 3.8) is 0 Å². The third-order valence-corrected chi connectivity index (χ3v) is 9.50. The van der Waals surface area contributed by atoms with Crippen LogP contribution in [0.4, 0.5) is 0 Å². The van der Waals surface area contributed by atoms with Gasteiger partial charge in [0, 0.05) is 0 Å². The van der Waals surface area contributed by atoms with Gasteiger partial charge >= 0.3 is 5.97 Å². The Balaban J connectivity index is 1.25. The summed E-state index contributed by atoms with van der Waals surface area (Å²) in [5.41, 5.74) is 0.230. The van der Waals surface area contributed by atoms with Crippen LogP contribution in [0.5, 0.6) is 11.5 Å². The average molecular weight is 627 g/mol. The lowest BCUT2D eigenvalue weighted by atomic mass is 9.94. The number of thioether (sulfide) groups is 1. The summed E-state index contributed by atoms with van der Waals surface area (Å²) in [6, 6.07) is 5.85. The molecule has 44 heavy (non-hydrogen) atoms. The Morgan fingerprint density at radius 1 is 0.932 bits per heavy atom. The third-order valence-electron chi connectivity index (χ3n) is 7.89. The van der Waals surface area contributed by atoms with E-state index in [4.69, 9.17) is 14.2 Å².